The van der Waals surface area contributed by atoms with Crippen LogP contribution in [0.4, 0.5) is 0 Å². The number of pyridine rings is 1. The third-order valence-electron chi connectivity index (χ3n) is 3.32. The zero-order chi connectivity index (χ0) is 13.1. The van der Waals surface area contributed by atoms with Crippen LogP contribution in [0.15, 0.2) is 37.1 Å². The molecule has 5 heteroatoms. The molecule has 0 aromatic carbocycles. The molecule has 0 bridgehead atoms. The van der Waals surface area contributed by atoms with Crippen molar-refractivity contribution in [1.29, 1.82) is 0 Å². The summed E-state index contributed by atoms with van der Waals surface area (Å²) in [5.74, 6) is -0.0481. The molecule has 2 aromatic rings. The quantitative estimate of drug-likeness (QED) is 0.907. The fourth-order valence-electron chi connectivity index (χ4n) is 1.95. The first-order chi connectivity index (χ1) is 9.33. The lowest BCUT2D eigenvalue weighted by atomic mass is 9.93. The van der Waals surface area contributed by atoms with E-state index in [0.717, 1.165) is 24.1 Å². The van der Waals surface area contributed by atoms with Crippen LogP contribution in [0.25, 0.3) is 11.3 Å². The maximum atomic E-state index is 11.9. The molecule has 3 rings (SSSR count). The van der Waals surface area contributed by atoms with Crippen molar-refractivity contribution in [3.05, 3.63) is 42.6 Å². The second kappa shape index (κ2) is 5.14. The van der Waals surface area contributed by atoms with Gasteiger partial charge in [0.25, 0.3) is 5.91 Å². The van der Waals surface area contributed by atoms with E-state index in [0.29, 0.717) is 11.6 Å². The summed E-state index contributed by atoms with van der Waals surface area (Å²) in [7, 11) is 0. The van der Waals surface area contributed by atoms with Crippen molar-refractivity contribution in [2.24, 2.45) is 0 Å². The van der Waals surface area contributed by atoms with E-state index in [1.54, 1.807) is 24.7 Å². The molecule has 0 radical (unpaired) electrons. The molecule has 1 aliphatic rings. The van der Waals surface area contributed by atoms with Crippen molar-refractivity contribution in [3.63, 3.8) is 0 Å². The summed E-state index contributed by atoms with van der Waals surface area (Å²) >= 11 is 0. The van der Waals surface area contributed by atoms with Crippen LogP contribution in [0.5, 0.6) is 0 Å². The highest BCUT2D eigenvalue weighted by Crippen LogP contribution is 2.19. The molecule has 96 valence electrons. The average Bonchev–Trinajstić information content (AvgIpc) is 2.44. The SMILES string of the molecule is O=C(NC1CCC1)c1ccc(-c2cncnc2)nc1. The number of aromatic nitrogens is 3. The van der Waals surface area contributed by atoms with Gasteiger partial charge in [-0.05, 0) is 31.4 Å². The van der Waals surface area contributed by atoms with Crippen LogP contribution >= 0.6 is 0 Å². The van der Waals surface area contributed by atoms with E-state index >= 15 is 0 Å². The molecule has 0 aliphatic heterocycles. The minimum absolute atomic E-state index is 0.0481. The molecule has 19 heavy (non-hydrogen) atoms. The Labute approximate surface area is 111 Å². The number of carbonyl (C=O) groups is 1. The van der Waals surface area contributed by atoms with Gasteiger partial charge in [0.05, 0.1) is 11.3 Å². The number of amides is 1. The van der Waals surface area contributed by atoms with Crippen molar-refractivity contribution in [2.75, 3.05) is 0 Å². The highest BCUT2D eigenvalue weighted by Gasteiger charge is 2.20. The summed E-state index contributed by atoms with van der Waals surface area (Å²) in [6, 6.07) is 3.94. The smallest absolute Gasteiger partial charge is 0.253 e. The van der Waals surface area contributed by atoms with Gasteiger partial charge in [0.15, 0.2) is 0 Å². The molecule has 0 atom stereocenters. The number of carbonyl (C=O) groups excluding carboxylic acids is 1. The highest BCUT2D eigenvalue weighted by atomic mass is 16.1. The van der Waals surface area contributed by atoms with Gasteiger partial charge in [-0.2, -0.15) is 0 Å². The standard InChI is InChI=1S/C14H14N4O/c19-14(18-12-2-1-3-12)10-4-5-13(17-8-10)11-6-15-9-16-7-11/h4-9,12H,1-3H2,(H,18,19). The number of nitrogens with one attached hydrogen (secondary N) is 1. The molecular weight excluding hydrogens is 240 g/mol. The van der Waals surface area contributed by atoms with Crippen LogP contribution in [-0.2, 0) is 0 Å². The maximum Gasteiger partial charge on any atom is 0.253 e. The van der Waals surface area contributed by atoms with E-state index in [2.05, 4.69) is 20.3 Å². The van der Waals surface area contributed by atoms with Gasteiger partial charge < -0.3 is 5.32 Å². The first-order valence-corrected chi connectivity index (χ1v) is 6.35. The van der Waals surface area contributed by atoms with E-state index in [1.165, 1.54) is 12.7 Å². The summed E-state index contributed by atoms with van der Waals surface area (Å²) in [5, 5.41) is 2.99. The first kappa shape index (κ1) is 11.8. The first-order valence-electron chi connectivity index (χ1n) is 6.35. The van der Waals surface area contributed by atoms with Crippen molar-refractivity contribution >= 4 is 5.91 Å². The minimum atomic E-state index is -0.0481. The monoisotopic (exact) mass is 254 g/mol. The van der Waals surface area contributed by atoms with Crippen LogP contribution in [0.1, 0.15) is 29.6 Å². The fourth-order valence-corrected chi connectivity index (χ4v) is 1.95. The summed E-state index contributed by atoms with van der Waals surface area (Å²) in [6.07, 6.45) is 9.83. The van der Waals surface area contributed by atoms with E-state index in [9.17, 15) is 4.79 Å². The van der Waals surface area contributed by atoms with Gasteiger partial charge in [-0.25, -0.2) is 9.97 Å². The van der Waals surface area contributed by atoms with Gasteiger partial charge in [-0.15, -0.1) is 0 Å². The summed E-state index contributed by atoms with van der Waals surface area (Å²) in [5.41, 5.74) is 2.20. The topological polar surface area (TPSA) is 67.8 Å². The van der Waals surface area contributed by atoms with E-state index < -0.39 is 0 Å². The van der Waals surface area contributed by atoms with Crippen LogP contribution < -0.4 is 5.32 Å². The molecular formula is C14H14N4O. The lowest BCUT2D eigenvalue weighted by molar-refractivity contribution is 0.0916. The number of hydrogen-bond acceptors (Lipinski definition) is 4. The van der Waals surface area contributed by atoms with Crippen molar-refractivity contribution < 1.29 is 4.79 Å². The Hall–Kier alpha value is -2.30. The van der Waals surface area contributed by atoms with Crippen LogP contribution in [0.3, 0.4) is 0 Å². The van der Waals surface area contributed by atoms with Crippen LogP contribution in [0, 0.1) is 0 Å². The molecule has 0 spiro atoms. The van der Waals surface area contributed by atoms with Gasteiger partial charge in [0.1, 0.15) is 6.33 Å². The molecule has 0 unspecified atom stereocenters. The second-order valence-electron chi connectivity index (χ2n) is 4.66. The molecule has 2 aromatic heterocycles. The second-order valence-corrected chi connectivity index (χ2v) is 4.66. The van der Waals surface area contributed by atoms with Crippen molar-refractivity contribution in [3.8, 4) is 11.3 Å². The van der Waals surface area contributed by atoms with Gasteiger partial charge >= 0.3 is 0 Å². The molecule has 1 N–H and O–H groups in total. The van der Waals surface area contributed by atoms with E-state index in [4.69, 9.17) is 0 Å². The molecule has 1 fully saturated rings. The fraction of sp³-hybridized carbons (Fsp3) is 0.286. The Morgan fingerprint density at radius 3 is 2.53 bits per heavy atom. The minimum Gasteiger partial charge on any atom is -0.349 e. The van der Waals surface area contributed by atoms with Crippen LogP contribution in [-0.4, -0.2) is 26.9 Å². The molecule has 1 amide bonds. The molecule has 1 saturated carbocycles. The maximum absolute atomic E-state index is 11.9. The third-order valence-corrected chi connectivity index (χ3v) is 3.32. The van der Waals surface area contributed by atoms with E-state index in [-0.39, 0.29) is 5.91 Å². The summed E-state index contributed by atoms with van der Waals surface area (Å²) < 4.78 is 0. The normalized spacial score (nSPS) is 14.7. The van der Waals surface area contributed by atoms with Gasteiger partial charge in [-0.1, -0.05) is 0 Å². The van der Waals surface area contributed by atoms with E-state index in [1.807, 2.05) is 6.07 Å². The Morgan fingerprint density at radius 2 is 1.95 bits per heavy atom. The van der Waals surface area contributed by atoms with Crippen LogP contribution in [0.2, 0.25) is 0 Å². The Kier molecular flexibility index (Phi) is 3.18. The lowest BCUT2D eigenvalue weighted by Crippen LogP contribution is -2.39. The number of nitrogens with zero attached hydrogens (tertiary/aromatic N) is 3. The highest BCUT2D eigenvalue weighted by molar-refractivity contribution is 5.94. The van der Waals surface area contributed by atoms with Crippen molar-refractivity contribution in [1.82, 2.24) is 20.3 Å². The largest absolute Gasteiger partial charge is 0.349 e. The predicted molar refractivity (Wildman–Crippen MR) is 70.4 cm³/mol. The molecule has 0 saturated heterocycles. The molecule has 2 heterocycles. The Bertz CT molecular complexity index is 564. The predicted octanol–water partition coefficient (Wildman–Crippen LogP) is 1.82. The number of rotatable bonds is 3. The van der Waals surface area contributed by atoms with Gasteiger partial charge in [-0.3, -0.25) is 9.78 Å². The Balaban J connectivity index is 1.73. The van der Waals surface area contributed by atoms with Gasteiger partial charge in [0.2, 0.25) is 0 Å². The third kappa shape index (κ3) is 2.59. The zero-order valence-electron chi connectivity index (χ0n) is 10.4. The average molecular weight is 254 g/mol. The van der Waals surface area contributed by atoms with Gasteiger partial charge in [0, 0.05) is 30.2 Å². The van der Waals surface area contributed by atoms with Crippen molar-refractivity contribution in [2.45, 2.75) is 25.3 Å². The summed E-state index contributed by atoms with van der Waals surface area (Å²) in [4.78, 5) is 24.1. The molecule has 1 aliphatic carbocycles. The lowest BCUT2D eigenvalue weighted by Gasteiger charge is -2.26. The molecule has 5 nitrogen and oxygen atoms in total. The zero-order valence-corrected chi connectivity index (χ0v) is 10.4. The Morgan fingerprint density at radius 1 is 1.16 bits per heavy atom. The number of hydrogen-bond donors (Lipinski definition) is 1. The summed E-state index contributed by atoms with van der Waals surface area (Å²) in [6.45, 7) is 0.